The molecule has 0 bridgehead atoms. The lowest BCUT2D eigenvalue weighted by Crippen LogP contribution is -1.97. The molecule has 0 spiro atoms. The second-order valence-electron chi connectivity index (χ2n) is 5.08. The predicted octanol–water partition coefficient (Wildman–Crippen LogP) is 3.71. The molecule has 7 nitrogen and oxygen atoms in total. The van der Waals surface area contributed by atoms with Crippen molar-refractivity contribution in [3.63, 3.8) is 0 Å². The quantitative estimate of drug-likeness (QED) is 0.340. The summed E-state index contributed by atoms with van der Waals surface area (Å²) in [6, 6.07) is 14.0. The summed E-state index contributed by atoms with van der Waals surface area (Å²) in [7, 11) is 0. The van der Waals surface area contributed by atoms with Crippen LogP contribution in [0.15, 0.2) is 53.6 Å². The number of H-pyrrole nitrogens is 1. The number of non-ortho nitro benzene ring substituents is 1. The SMILES string of the molecule is Cc1ccccc1-c1n[nH]c(=S)n1/N=C/c1cccc([N+](=O)[O-])c1. The lowest BCUT2D eigenvalue weighted by molar-refractivity contribution is -0.384. The van der Waals surface area contributed by atoms with Gasteiger partial charge in [-0.2, -0.15) is 14.9 Å². The molecule has 0 unspecified atom stereocenters. The van der Waals surface area contributed by atoms with Gasteiger partial charge in [-0.3, -0.25) is 10.1 Å². The summed E-state index contributed by atoms with van der Waals surface area (Å²) in [6.45, 7) is 1.97. The van der Waals surface area contributed by atoms with Crippen LogP contribution in [0.5, 0.6) is 0 Å². The Morgan fingerprint density at radius 2 is 2.08 bits per heavy atom. The van der Waals surface area contributed by atoms with Crippen molar-refractivity contribution in [1.82, 2.24) is 14.9 Å². The van der Waals surface area contributed by atoms with Gasteiger partial charge < -0.3 is 0 Å². The molecule has 8 heteroatoms. The number of nitro benzene ring substituents is 1. The highest BCUT2D eigenvalue weighted by atomic mass is 32.1. The lowest BCUT2D eigenvalue weighted by Gasteiger charge is -2.04. The van der Waals surface area contributed by atoms with Gasteiger partial charge in [0.05, 0.1) is 11.1 Å². The highest BCUT2D eigenvalue weighted by Crippen LogP contribution is 2.21. The van der Waals surface area contributed by atoms with Gasteiger partial charge in [0.15, 0.2) is 5.82 Å². The number of aromatic amines is 1. The molecule has 0 saturated carbocycles. The average Bonchev–Trinajstić information content (AvgIpc) is 2.94. The second kappa shape index (κ2) is 6.55. The molecule has 0 amide bonds. The van der Waals surface area contributed by atoms with Crippen molar-refractivity contribution in [2.75, 3.05) is 0 Å². The van der Waals surface area contributed by atoms with Crippen LogP contribution >= 0.6 is 12.2 Å². The Labute approximate surface area is 142 Å². The molecule has 0 saturated heterocycles. The molecule has 1 aromatic heterocycles. The number of hydrogen-bond acceptors (Lipinski definition) is 5. The van der Waals surface area contributed by atoms with Gasteiger partial charge in [0.25, 0.3) is 5.69 Å². The van der Waals surface area contributed by atoms with Crippen molar-refractivity contribution in [2.24, 2.45) is 5.10 Å². The van der Waals surface area contributed by atoms with Gasteiger partial charge in [0.1, 0.15) is 0 Å². The van der Waals surface area contributed by atoms with E-state index in [1.54, 1.807) is 12.1 Å². The molecule has 0 radical (unpaired) electrons. The molecule has 0 aliphatic carbocycles. The third-order valence-electron chi connectivity index (χ3n) is 3.44. The Morgan fingerprint density at radius 3 is 2.83 bits per heavy atom. The zero-order chi connectivity index (χ0) is 17.1. The fourth-order valence-corrected chi connectivity index (χ4v) is 2.42. The fourth-order valence-electron chi connectivity index (χ4n) is 2.24. The molecule has 0 fully saturated rings. The maximum atomic E-state index is 10.8. The number of nitrogens with zero attached hydrogens (tertiary/aromatic N) is 4. The minimum Gasteiger partial charge on any atom is -0.258 e. The fraction of sp³-hybridized carbons (Fsp3) is 0.0625. The Kier molecular flexibility index (Phi) is 4.30. The van der Waals surface area contributed by atoms with Crippen LogP contribution in [-0.2, 0) is 0 Å². The molecule has 24 heavy (non-hydrogen) atoms. The van der Waals surface area contributed by atoms with Crippen molar-refractivity contribution in [2.45, 2.75) is 6.92 Å². The van der Waals surface area contributed by atoms with E-state index in [-0.39, 0.29) is 5.69 Å². The van der Waals surface area contributed by atoms with Gasteiger partial charge in [0, 0.05) is 23.3 Å². The molecule has 3 rings (SSSR count). The van der Waals surface area contributed by atoms with Gasteiger partial charge in [-0.05, 0) is 24.7 Å². The summed E-state index contributed by atoms with van der Waals surface area (Å²) < 4.78 is 1.84. The van der Waals surface area contributed by atoms with E-state index in [1.165, 1.54) is 23.0 Å². The molecule has 0 atom stereocenters. The van der Waals surface area contributed by atoms with E-state index in [9.17, 15) is 10.1 Å². The van der Waals surface area contributed by atoms with Crippen molar-refractivity contribution in [1.29, 1.82) is 0 Å². The summed E-state index contributed by atoms with van der Waals surface area (Å²) >= 11 is 5.22. The first-order chi connectivity index (χ1) is 11.6. The van der Waals surface area contributed by atoms with Crippen molar-refractivity contribution >= 4 is 24.1 Å². The smallest absolute Gasteiger partial charge is 0.258 e. The predicted molar refractivity (Wildman–Crippen MR) is 93.7 cm³/mol. The zero-order valence-electron chi connectivity index (χ0n) is 12.7. The molecule has 1 heterocycles. The van der Waals surface area contributed by atoms with Gasteiger partial charge >= 0.3 is 0 Å². The van der Waals surface area contributed by atoms with Crippen molar-refractivity contribution < 1.29 is 4.92 Å². The van der Waals surface area contributed by atoms with Gasteiger partial charge in [-0.1, -0.05) is 36.4 Å². The van der Waals surface area contributed by atoms with E-state index in [4.69, 9.17) is 12.2 Å². The van der Waals surface area contributed by atoms with Gasteiger partial charge in [0.2, 0.25) is 4.77 Å². The van der Waals surface area contributed by atoms with E-state index < -0.39 is 4.92 Å². The number of nitro groups is 1. The normalized spacial score (nSPS) is 11.0. The number of benzene rings is 2. The van der Waals surface area contributed by atoms with Gasteiger partial charge in [-0.15, -0.1) is 0 Å². The Hall–Kier alpha value is -3.13. The first-order valence-electron chi connectivity index (χ1n) is 7.08. The average molecular weight is 339 g/mol. The van der Waals surface area contributed by atoms with Crippen LogP contribution in [0.2, 0.25) is 0 Å². The van der Waals surface area contributed by atoms with E-state index in [0.29, 0.717) is 16.2 Å². The maximum absolute atomic E-state index is 10.8. The topological polar surface area (TPSA) is 89.1 Å². The summed E-state index contributed by atoms with van der Waals surface area (Å²) in [5, 5.41) is 22.1. The molecule has 0 aliphatic rings. The lowest BCUT2D eigenvalue weighted by atomic mass is 10.1. The molecular formula is C16H13N5O2S. The first-order valence-corrected chi connectivity index (χ1v) is 7.49. The third kappa shape index (κ3) is 3.13. The van der Waals surface area contributed by atoms with Crippen molar-refractivity contribution in [3.05, 3.63) is 74.5 Å². The van der Waals surface area contributed by atoms with Crippen molar-refractivity contribution in [3.8, 4) is 11.4 Å². The zero-order valence-corrected chi connectivity index (χ0v) is 13.5. The number of aromatic nitrogens is 3. The molecule has 0 aliphatic heterocycles. The third-order valence-corrected chi connectivity index (χ3v) is 3.70. The molecule has 3 aromatic rings. The molecular weight excluding hydrogens is 326 g/mol. The van der Waals surface area contributed by atoms with E-state index >= 15 is 0 Å². The summed E-state index contributed by atoms with van der Waals surface area (Å²) in [5.74, 6) is 0.583. The monoisotopic (exact) mass is 339 g/mol. The number of nitrogens with one attached hydrogen (secondary N) is 1. The molecule has 1 N–H and O–H groups in total. The Morgan fingerprint density at radius 1 is 1.29 bits per heavy atom. The van der Waals surface area contributed by atoms with Crippen LogP contribution in [-0.4, -0.2) is 26.0 Å². The summed E-state index contributed by atoms with van der Waals surface area (Å²) in [4.78, 5) is 10.4. The Bertz CT molecular complexity index is 990. The van der Waals surface area contributed by atoms with Crippen LogP contribution in [0.3, 0.4) is 0 Å². The second-order valence-corrected chi connectivity index (χ2v) is 5.46. The van der Waals surface area contributed by atoms with Crippen LogP contribution < -0.4 is 0 Å². The maximum Gasteiger partial charge on any atom is 0.270 e. The molecule has 2 aromatic carbocycles. The first kappa shape index (κ1) is 15.8. The van der Waals surface area contributed by atoms with Crippen LogP contribution in [0.25, 0.3) is 11.4 Å². The van der Waals surface area contributed by atoms with E-state index in [2.05, 4.69) is 15.3 Å². The van der Waals surface area contributed by atoms with Crippen LogP contribution in [0.1, 0.15) is 11.1 Å². The Balaban J connectivity index is 2.01. The summed E-state index contributed by atoms with van der Waals surface area (Å²) in [5.41, 5.74) is 2.55. The molecule has 120 valence electrons. The summed E-state index contributed by atoms with van der Waals surface area (Å²) in [6.07, 6.45) is 1.51. The highest BCUT2D eigenvalue weighted by molar-refractivity contribution is 7.71. The minimum atomic E-state index is -0.445. The van der Waals surface area contributed by atoms with Crippen LogP contribution in [0.4, 0.5) is 5.69 Å². The highest BCUT2D eigenvalue weighted by Gasteiger charge is 2.10. The number of hydrogen-bond donors (Lipinski definition) is 1. The van der Waals surface area contributed by atoms with E-state index in [0.717, 1.165) is 11.1 Å². The number of aryl methyl sites for hydroxylation is 1. The minimum absolute atomic E-state index is 0.00821. The van der Waals surface area contributed by atoms with E-state index in [1.807, 2.05) is 31.2 Å². The largest absolute Gasteiger partial charge is 0.270 e. The van der Waals surface area contributed by atoms with Gasteiger partial charge in [-0.25, -0.2) is 5.10 Å². The van der Waals surface area contributed by atoms with Crippen LogP contribution in [0, 0.1) is 21.8 Å². The standard InChI is InChI=1S/C16H13N5O2S/c1-11-5-2-3-8-14(11)15-18-19-16(24)20(15)17-10-12-6-4-7-13(9-12)21(22)23/h2-10H,1H3,(H,19,24)/b17-10+. The number of rotatable bonds is 4.